The van der Waals surface area contributed by atoms with Crippen LogP contribution >= 0.6 is 12.4 Å². The molecule has 1 aromatic rings. The number of carbonyl (C=O) groups excluding carboxylic acids is 1. The minimum Gasteiger partial charge on any atom is -0.341 e. The van der Waals surface area contributed by atoms with E-state index in [9.17, 15) is 4.79 Å². The fourth-order valence-corrected chi connectivity index (χ4v) is 2.66. The van der Waals surface area contributed by atoms with Crippen LogP contribution in [0, 0.1) is 5.41 Å². The van der Waals surface area contributed by atoms with Gasteiger partial charge >= 0.3 is 0 Å². The van der Waals surface area contributed by atoms with E-state index in [4.69, 9.17) is 0 Å². The first-order chi connectivity index (χ1) is 9.09. The summed E-state index contributed by atoms with van der Waals surface area (Å²) >= 11 is 0. The molecule has 3 nitrogen and oxygen atoms in total. The van der Waals surface area contributed by atoms with E-state index in [1.165, 1.54) is 5.56 Å². The van der Waals surface area contributed by atoms with Gasteiger partial charge in [-0.25, -0.2) is 0 Å². The predicted octanol–water partition coefficient (Wildman–Crippen LogP) is 2.50. The average Bonchev–Trinajstić information content (AvgIpc) is 2.67. The SMILES string of the molecule is CC(C)(Cc1ccccc1)C(=O)N1CCCNCC1.Cl. The third-order valence-electron chi connectivity index (χ3n) is 3.70. The van der Waals surface area contributed by atoms with Crippen molar-refractivity contribution in [1.82, 2.24) is 10.2 Å². The lowest BCUT2D eigenvalue weighted by atomic mass is 9.84. The van der Waals surface area contributed by atoms with Gasteiger partial charge in [-0.1, -0.05) is 44.2 Å². The topological polar surface area (TPSA) is 32.3 Å². The Bertz CT molecular complexity index is 412. The number of halogens is 1. The van der Waals surface area contributed by atoms with Crippen molar-refractivity contribution in [2.24, 2.45) is 5.41 Å². The Labute approximate surface area is 128 Å². The summed E-state index contributed by atoms with van der Waals surface area (Å²) in [5.74, 6) is 0.278. The van der Waals surface area contributed by atoms with Crippen LogP contribution in [-0.2, 0) is 11.2 Å². The monoisotopic (exact) mass is 296 g/mol. The molecule has 0 atom stereocenters. The van der Waals surface area contributed by atoms with Crippen LogP contribution in [-0.4, -0.2) is 37.0 Å². The number of amides is 1. The molecule has 2 rings (SSSR count). The lowest BCUT2D eigenvalue weighted by molar-refractivity contribution is -0.140. The Hall–Kier alpha value is -1.06. The molecule has 1 saturated heterocycles. The summed E-state index contributed by atoms with van der Waals surface area (Å²) < 4.78 is 0. The maximum atomic E-state index is 12.7. The van der Waals surface area contributed by atoms with Crippen molar-refractivity contribution in [3.05, 3.63) is 35.9 Å². The zero-order valence-corrected chi connectivity index (χ0v) is 13.2. The van der Waals surface area contributed by atoms with E-state index in [0.29, 0.717) is 0 Å². The maximum Gasteiger partial charge on any atom is 0.228 e. The molecule has 112 valence electrons. The van der Waals surface area contributed by atoms with Gasteiger partial charge in [-0.3, -0.25) is 4.79 Å². The van der Waals surface area contributed by atoms with Crippen LogP contribution in [0.5, 0.6) is 0 Å². The van der Waals surface area contributed by atoms with Crippen LogP contribution in [0.1, 0.15) is 25.8 Å². The Balaban J connectivity index is 0.00000200. The largest absolute Gasteiger partial charge is 0.341 e. The summed E-state index contributed by atoms with van der Waals surface area (Å²) in [6, 6.07) is 10.3. The van der Waals surface area contributed by atoms with E-state index in [2.05, 4.69) is 31.3 Å². The van der Waals surface area contributed by atoms with Gasteiger partial charge in [-0.15, -0.1) is 12.4 Å². The number of nitrogens with zero attached hydrogens (tertiary/aromatic N) is 1. The summed E-state index contributed by atoms with van der Waals surface area (Å²) in [5, 5.41) is 3.34. The molecule has 1 aliphatic rings. The molecule has 0 unspecified atom stereocenters. The van der Waals surface area contributed by atoms with Gasteiger partial charge in [0.1, 0.15) is 0 Å². The lowest BCUT2D eigenvalue weighted by Crippen LogP contribution is -2.43. The number of hydrogen-bond acceptors (Lipinski definition) is 2. The highest BCUT2D eigenvalue weighted by Gasteiger charge is 2.32. The minimum absolute atomic E-state index is 0. The van der Waals surface area contributed by atoms with Gasteiger partial charge in [0.2, 0.25) is 5.91 Å². The summed E-state index contributed by atoms with van der Waals surface area (Å²) in [6.07, 6.45) is 1.85. The Kier molecular flexibility index (Phi) is 6.50. The van der Waals surface area contributed by atoms with E-state index < -0.39 is 0 Å². The quantitative estimate of drug-likeness (QED) is 0.929. The number of rotatable bonds is 3. The summed E-state index contributed by atoms with van der Waals surface area (Å²) in [6.45, 7) is 7.75. The van der Waals surface area contributed by atoms with E-state index in [1.807, 2.05) is 23.1 Å². The minimum atomic E-state index is -0.328. The molecule has 0 radical (unpaired) electrons. The van der Waals surface area contributed by atoms with Gasteiger partial charge in [0.25, 0.3) is 0 Å². The van der Waals surface area contributed by atoms with E-state index in [1.54, 1.807) is 0 Å². The highest BCUT2D eigenvalue weighted by molar-refractivity contribution is 5.85. The van der Waals surface area contributed by atoms with Crippen LogP contribution in [0.15, 0.2) is 30.3 Å². The second kappa shape index (κ2) is 7.65. The molecule has 1 aliphatic heterocycles. The molecule has 4 heteroatoms. The Morgan fingerprint density at radius 1 is 1.20 bits per heavy atom. The van der Waals surface area contributed by atoms with Gasteiger partial charge in [-0.05, 0) is 24.9 Å². The zero-order valence-electron chi connectivity index (χ0n) is 12.4. The number of carbonyl (C=O) groups is 1. The van der Waals surface area contributed by atoms with Gasteiger partial charge in [0, 0.05) is 25.0 Å². The van der Waals surface area contributed by atoms with Crippen molar-refractivity contribution in [3.63, 3.8) is 0 Å². The smallest absolute Gasteiger partial charge is 0.228 e. The molecule has 0 aliphatic carbocycles. The number of nitrogens with one attached hydrogen (secondary N) is 1. The average molecular weight is 297 g/mol. The second-order valence-electron chi connectivity index (χ2n) is 5.94. The molecule has 1 heterocycles. The van der Waals surface area contributed by atoms with Crippen LogP contribution in [0.25, 0.3) is 0 Å². The molecule has 0 saturated carbocycles. The second-order valence-corrected chi connectivity index (χ2v) is 5.94. The maximum absolute atomic E-state index is 12.7. The molecule has 20 heavy (non-hydrogen) atoms. The first-order valence-electron chi connectivity index (χ1n) is 7.14. The van der Waals surface area contributed by atoms with Gasteiger partial charge in [-0.2, -0.15) is 0 Å². The van der Waals surface area contributed by atoms with Crippen molar-refractivity contribution >= 4 is 18.3 Å². The van der Waals surface area contributed by atoms with Crippen molar-refractivity contribution in [2.45, 2.75) is 26.7 Å². The predicted molar refractivity (Wildman–Crippen MR) is 85.2 cm³/mol. The standard InChI is InChI=1S/C16H24N2O.ClH/c1-16(2,13-14-7-4-3-5-8-14)15(19)18-11-6-9-17-10-12-18;/h3-5,7-8,17H,6,9-13H2,1-2H3;1H. The Morgan fingerprint density at radius 2 is 1.90 bits per heavy atom. The lowest BCUT2D eigenvalue weighted by Gasteiger charge is -2.31. The summed E-state index contributed by atoms with van der Waals surface area (Å²) in [4.78, 5) is 14.7. The molecular formula is C16H25ClN2O. The van der Waals surface area contributed by atoms with Crippen molar-refractivity contribution in [3.8, 4) is 0 Å². The van der Waals surface area contributed by atoms with Crippen molar-refractivity contribution < 1.29 is 4.79 Å². The molecular weight excluding hydrogens is 272 g/mol. The van der Waals surface area contributed by atoms with Crippen molar-refractivity contribution in [2.75, 3.05) is 26.2 Å². The number of hydrogen-bond donors (Lipinski definition) is 1. The van der Waals surface area contributed by atoms with E-state index in [-0.39, 0.29) is 23.7 Å². The van der Waals surface area contributed by atoms with Crippen LogP contribution in [0.2, 0.25) is 0 Å². The molecule has 1 fully saturated rings. The fraction of sp³-hybridized carbons (Fsp3) is 0.562. The molecule has 0 bridgehead atoms. The van der Waals surface area contributed by atoms with Crippen LogP contribution < -0.4 is 5.32 Å². The summed E-state index contributed by atoms with van der Waals surface area (Å²) in [7, 11) is 0. The van der Waals surface area contributed by atoms with Gasteiger partial charge < -0.3 is 10.2 Å². The zero-order chi connectivity index (χ0) is 13.7. The fourth-order valence-electron chi connectivity index (χ4n) is 2.66. The number of benzene rings is 1. The highest BCUT2D eigenvalue weighted by Crippen LogP contribution is 2.25. The molecule has 0 spiro atoms. The molecule has 1 aromatic carbocycles. The molecule has 1 amide bonds. The highest BCUT2D eigenvalue weighted by atomic mass is 35.5. The molecule has 1 N–H and O–H groups in total. The normalized spacial score (nSPS) is 16.2. The third kappa shape index (κ3) is 4.50. The first-order valence-corrected chi connectivity index (χ1v) is 7.14. The molecule has 0 aromatic heterocycles. The van der Waals surface area contributed by atoms with Gasteiger partial charge in [0.15, 0.2) is 0 Å². The van der Waals surface area contributed by atoms with Crippen molar-refractivity contribution in [1.29, 1.82) is 0 Å². The van der Waals surface area contributed by atoms with E-state index in [0.717, 1.165) is 39.0 Å². The van der Waals surface area contributed by atoms with Gasteiger partial charge in [0.05, 0.1) is 0 Å². The van der Waals surface area contributed by atoms with Crippen LogP contribution in [0.3, 0.4) is 0 Å². The Morgan fingerprint density at radius 3 is 2.60 bits per heavy atom. The first kappa shape index (κ1) is 17.0. The third-order valence-corrected chi connectivity index (χ3v) is 3.70. The summed E-state index contributed by atoms with van der Waals surface area (Å²) in [5.41, 5.74) is 0.903. The van der Waals surface area contributed by atoms with E-state index >= 15 is 0 Å². The van der Waals surface area contributed by atoms with Crippen LogP contribution in [0.4, 0.5) is 0 Å².